The smallest absolute Gasteiger partial charge is 0.161 e. The van der Waals surface area contributed by atoms with Gasteiger partial charge in [0.2, 0.25) is 0 Å². The molecular weight excluding hydrogens is 228 g/mol. The fourth-order valence-corrected chi connectivity index (χ4v) is 2.30. The number of ether oxygens (including phenoxy) is 1. The predicted molar refractivity (Wildman–Crippen MR) is 71.8 cm³/mol. The average Bonchev–Trinajstić information content (AvgIpc) is 2.37. The van der Waals surface area contributed by atoms with Gasteiger partial charge in [0.05, 0.1) is 6.61 Å². The van der Waals surface area contributed by atoms with Crippen molar-refractivity contribution in [1.82, 2.24) is 4.90 Å². The van der Waals surface area contributed by atoms with Crippen LogP contribution in [0.2, 0.25) is 0 Å². The van der Waals surface area contributed by atoms with Gasteiger partial charge in [-0.1, -0.05) is 6.07 Å². The molecule has 2 rings (SSSR count). The number of aromatic hydroxyl groups is 1. The Morgan fingerprint density at radius 1 is 1.39 bits per heavy atom. The molecule has 1 fully saturated rings. The zero-order valence-electron chi connectivity index (χ0n) is 10.9. The molecule has 1 saturated heterocycles. The van der Waals surface area contributed by atoms with Crippen LogP contribution in [0.5, 0.6) is 11.5 Å². The lowest BCUT2D eigenvalue weighted by molar-refractivity contribution is 0.205. The zero-order chi connectivity index (χ0) is 13.0. The molecule has 0 bridgehead atoms. The lowest BCUT2D eigenvalue weighted by Gasteiger charge is -2.30. The molecule has 1 aliphatic heterocycles. The number of nitrogens with two attached hydrogens (primary N) is 1. The summed E-state index contributed by atoms with van der Waals surface area (Å²) < 4.78 is 5.40. The van der Waals surface area contributed by atoms with Gasteiger partial charge < -0.3 is 15.6 Å². The molecule has 1 heterocycles. The minimum absolute atomic E-state index is 0.210. The third kappa shape index (κ3) is 3.37. The molecule has 0 aromatic heterocycles. The van der Waals surface area contributed by atoms with Crippen LogP contribution < -0.4 is 10.5 Å². The molecular formula is C14H22N2O2. The summed E-state index contributed by atoms with van der Waals surface area (Å²) in [5, 5.41) is 9.65. The van der Waals surface area contributed by atoms with E-state index in [9.17, 15) is 5.11 Å². The first-order valence-corrected chi connectivity index (χ1v) is 6.61. The summed E-state index contributed by atoms with van der Waals surface area (Å²) in [5.41, 5.74) is 7.07. The molecule has 0 saturated carbocycles. The number of phenols is 1. The van der Waals surface area contributed by atoms with Gasteiger partial charge in [-0.2, -0.15) is 0 Å². The van der Waals surface area contributed by atoms with Crippen LogP contribution in [0.1, 0.15) is 25.3 Å². The first-order chi connectivity index (χ1) is 8.69. The maximum absolute atomic E-state index is 9.65. The van der Waals surface area contributed by atoms with Gasteiger partial charge in [-0.15, -0.1) is 0 Å². The summed E-state index contributed by atoms with van der Waals surface area (Å²) >= 11 is 0. The SMILES string of the molecule is CCOc1cc(CN2CCC(N)CC2)ccc1O. The van der Waals surface area contributed by atoms with Crippen molar-refractivity contribution < 1.29 is 9.84 Å². The maximum atomic E-state index is 9.65. The van der Waals surface area contributed by atoms with Crippen molar-refractivity contribution in [2.24, 2.45) is 5.73 Å². The fourth-order valence-electron chi connectivity index (χ4n) is 2.30. The van der Waals surface area contributed by atoms with Gasteiger partial charge in [-0.05, 0) is 50.6 Å². The van der Waals surface area contributed by atoms with Gasteiger partial charge >= 0.3 is 0 Å². The second kappa shape index (κ2) is 6.07. The Kier molecular flexibility index (Phi) is 4.44. The highest BCUT2D eigenvalue weighted by Crippen LogP contribution is 2.27. The summed E-state index contributed by atoms with van der Waals surface area (Å²) in [6.45, 7) is 5.47. The molecule has 0 spiro atoms. The first-order valence-electron chi connectivity index (χ1n) is 6.61. The Hall–Kier alpha value is -1.26. The predicted octanol–water partition coefficient (Wildman–Crippen LogP) is 1.71. The maximum Gasteiger partial charge on any atom is 0.161 e. The summed E-state index contributed by atoms with van der Waals surface area (Å²) in [7, 11) is 0. The normalized spacial score (nSPS) is 17.9. The van der Waals surface area contributed by atoms with Crippen LogP contribution in [-0.4, -0.2) is 35.7 Å². The molecule has 1 aliphatic rings. The van der Waals surface area contributed by atoms with Crippen LogP contribution in [0.25, 0.3) is 0 Å². The Morgan fingerprint density at radius 2 is 2.11 bits per heavy atom. The van der Waals surface area contributed by atoms with E-state index in [4.69, 9.17) is 10.5 Å². The average molecular weight is 250 g/mol. The quantitative estimate of drug-likeness (QED) is 0.854. The van der Waals surface area contributed by atoms with E-state index in [1.165, 1.54) is 5.56 Å². The molecule has 4 heteroatoms. The summed E-state index contributed by atoms with van der Waals surface area (Å²) in [6.07, 6.45) is 2.13. The van der Waals surface area contributed by atoms with Crippen molar-refractivity contribution in [3.05, 3.63) is 23.8 Å². The number of benzene rings is 1. The highest BCUT2D eigenvalue weighted by Gasteiger charge is 2.16. The monoisotopic (exact) mass is 250 g/mol. The fraction of sp³-hybridized carbons (Fsp3) is 0.571. The molecule has 0 radical (unpaired) electrons. The van der Waals surface area contributed by atoms with Crippen molar-refractivity contribution in [1.29, 1.82) is 0 Å². The van der Waals surface area contributed by atoms with Crippen molar-refractivity contribution >= 4 is 0 Å². The highest BCUT2D eigenvalue weighted by molar-refractivity contribution is 5.41. The van der Waals surface area contributed by atoms with E-state index < -0.39 is 0 Å². The van der Waals surface area contributed by atoms with E-state index >= 15 is 0 Å². The van der Waals surface area contributed by atoms with E-state index in [-0.39, 0.29) is 5.75 Å². The minimum atomic E-state index is 0.210. The Morgan fingerprint density at radius 3 is 2.78 bits per heavy atom. The number of likely N-dealkylation sites (tertiary alicyclic amines) is 1. The number of hydrogen-bond donors (Lipinski definition) is 2. The third-order valence-corrected chi connectivity index (χ3v) is 3.36. The molecule has 1 aromatic carbocycles. The summed E-state index contributed by atoms with van der Waals surface area (Å²) in [4.78, 5) is 2.39. The van der Waals surface area contributed by atoms with Crippen molar-refractivity contribution in [2.45, 2.75) is 32.4 Å². The van der Waals surface area contributed by atoms with Crippen molar-refractivity contribution in [3.8, 4) is 11.5 Å². The van der Waals surface area contributed by atoms with Crippen LogP contribution in [0, 0.1) is 0 Å². The highest BCUT2D eigenvalue weighted by atomic mass is 16.5. The second-order valence-electron chi connectivity index (χ2n) is 4.85. The van der Waals surface area contributed by atoms with Crippen LogP contribution in [0.4, 0.5) is 0 Å². The molecule has 18 heavy (non-hydrogen) atoms. The van der Waals surface area contributed by atoms with Crippen LogP contribution in [-0.2, 0) is 6.54 Å². The van der Waals surface area contributed by atoms with Crippen molar-refractivity contribution in [2.75, 3.05) is 19.7 Å². The number of phenolic OH excluding ortho intramolecular Hbond substituents is 1. The lowest BCUT2D eigenvalue weighted by Crippen LogP contribution is -2.39. The van der Waals surface area contributed by atoms with Gasteiger partial charge in [0, 0.05) is 12.6 Å². The first kappa shape index (κ1) is 13.2. The number of hydrogen-bond acceptors (Lipinski definition) is 4. The van der Waals surface area contributed by atoms with E-state index in [1.807, 2.05) is 19.1 Å². The standard InChI is InChI=1S/C14H22N2O2/c1-2-18-14-9-11(3-4-13(14)17)10-16-7-5-12(15)6-8-16/h3-4,9,12,17H,2,5-8,10,15H2,1H3. The van der Waals surface area contributed by atoms with E-state index in [1.54, 1.807) is 6.07 Å². The van der Waals surface area contributed by atoms with Crippen LogP contribution in [0.15, 0.2) is 18.2 Å². The topological polar surface area (TPSA) is 58.7 Å². The molecule has 0 unspecified atom stereocenters. The molecule has 3 N–H and O–H groups in total. The summed E-state index contributed by atoms with van der Waals surface area (Å²) in [6, 6.07) is 5.94. The minimum Gasteiger partial charge on any atom is -0.504 e. The van der Waals surface area contributed by atoms with E-state index in [0.29, 0.717) is 18.4 Å². The Bertz CT molecular complexity index is 387. The van der Waals surface area contributed by atoms with Crippen LogP contribution in [0.3, 0.4) is 0 Å². The lowest BCUT2D eigenvalue weighted by atomic mass is 10.1. The number of nitrogens with zero attached hydrogens (tertiary/aromatic N) is 1. The molecule has 4 nitrogen and oxygen atoms in total. The number of rotatable bonds is 4. The molecule has 0 atom stereocenters. The Labute approximate surface area is 108 Å². The van der Waals surface area contributed by atoms with E-state index in [0.717, 1.165) is 32.5 Å². The third-order valence-electron chi connectivity index (χ3n) is 3.36. The van der Waals surface area contributed by atoms with Gasteiger partial charge in [0.15, 0.2) is 11.5 Å². The molecule has 1 aromatic rings. The van der Waals surface area contributed by atoms with Crippen molar-refractivity contribution in [3.63, 3.8) is 0 Å². The van der Waals surface area contributed by atoms with Gasteiger partial charge in [-0.25, -0.2) is 0 Å². The number of piperidine rings is 1. The summed E-state index contributed by atoms with van der Waals surface area (Å²) in [5.74, 6) is 0.782. The molecule has 100 valence electrons. The van der Waals surface area contributed by atoms with E-state index in [2.05, 4.69) is 4.90 Å². The Balaban J connectivity index is 1.98. The zero-order valence-corrected chi connectivity index (χ0v) is 10.9. The van der Waals surface area contributed by atoms with Gasteiger partial charge in [-0.3, -0.25) is 4.90 Å². The molecule has 0 amide bonds. The van der Waals surface area contributed by atoms with Gasteiger partial charge in [0.25, 0.3) is 0 Å². The molecule has 0 aliphatic carbocycles. The van der Waals surface area contributed by atoms with Crippen LogP contribution >= 0.6 is 0 Å². The van der Waals surface area contributed by atoms with Gasteiger partial charge in [0.1, 0.15) is 0 Å². The second-order valence-corrected chi connectivity index (χ2v) is 4.85. The largest absolute Gasteiger partial charge is 0.504 e.